The molecule has 0 aromatic carbocycles. The molecule has 0 radical (unpaired) electrons. The Morgan fingerprint density at radius 1 is 1.39 bits per heavy atom. The molecule has 6 heteroatoms. The third-order valence-electron chi connectivity index (χ3n) is 3.31. The molecule has 0 saturated carbocycles. The minimum atomic E-state index is 0.0138. The maximum Gasteiger partial charge on any atom is 0.226 e. The number of thiazole rings is 1. The van der Waals surface area contributed by atoms with E-state index in [2.05, 4.69) is 34.0 Å². The molecule has 0 saturated heterocycles. The van der Waals surface area contributed by atoms with Gasteiger partial charge in [0.15, 0.2) is 0 Å². The van der Waals surface area contributed by atoms with Crippen LogP contribution in [0.4, 0.5) is 0 Å². The molecule has 0 aliphatic heterocycles. The summed E-state index contributed by atoms with van der Waals surface area (Å²) in [6.45, 7) is 5.88. The van der Waals surface area contributed by atoms with E-state index in [1.54, 1.807) is 12.4 Å². The second-order valence-corrected chi connectivity index (χ2v) is 7.60. The maximum absolute atomic E-state index is 12.1. The van der Waals surface area contributed by atoms with E-state index >= 15 is 0 Å². The molecule has 2 rings (SSSR count). The van der Waals surface area contributed by atoms with E-state index in [0.717, 1.165) is 22.8 Å². The lowest BCUT2D eigenvalue weighted by molar-refractivity contribution is -0.120. The van der Waals surface area contributed by atoms with Gasteiger partial charge in [0.2, 0.25) is 5.91 Å². The van der Waals surface area contributed by atoms with E-state index in [0.29, 0.717) is 13.0 Å². The number of amides is 1. The van der Waals surface area contributed by atoms with Crippen molar-refractivity contribution in [3.63, 3.8) is 0 Å². The van der Waals surface area contributed by atoms with Crippen LogP contribution in [0.3, 0.4) is 0 Å². The summed E-state index contributed by atoms with van der Waals surface area (Å²) in [6.07, 6.45) is 3.84. The molecule has 23 heavy (non-hydrogen) atoms. The number of hydrogen-bond acceptors (Lipinski definition) is 5. The first-order chi connectivity index (χ1) is 10.9. The first-order valence-electron chi connectivity index (χ1n) is 7.62. The topological polar surface area (TPSA) is 58.1 Å². The van der Waals surface area contributed by atoms with E-state index in [9.17, 15) is 4.79 Å². The van der Waals surface area contributed by atoms with Gasteiger partial charge in [-0.3, -0.25) is 9.78 Å². The molecule has 124 valence electrons. The van der Waals surface area contributed by atoms with Gasteiger partial charge in [-0.2, -0.15) is 0 Å². The molecule has 0 aliphatic carbocycles. The lowest BCUT2D eigenvalue weighted by Crippen LogP contribution is -2.40. The fraction of sp³-hybridized carbons (Fsp3) is 0.471. The van der Waals surface area contributed by atoms with Crippen LogP contribution in [-0.4, -0.2) is 48.0 Å². The molecular formula is C17H24N4OS. The maximum atomic E-state index is 12.1. The van der Waals surface area contributed by atoms with Crippen molar-refractivity contribution < 1.29 is 4.79 Å². The van der Waals surface area contributed by atoms with Gasteiger partial charge < -0.3 is 10.2 Å². The Kier molecular flexibility index (Phi) is 5.85. The van der Waals surface area contributed by atoms with E-state index in [1.807, 2.05) is 31.6 Å². The summed E-state index contributed by atoms with van der Waals surface area (Å²) in [5, 5.41) is 5.85. The van der Waals surface area contributed by atoms with Gasteiger partial charge in [-0.1, -0.05) is 13.8 Å². The molecule has 0 bridgehead atoms. The molecule has 5 nitrogen and oxygen atoms in total. The van der Waals surface area contributed by atoms with Crippen molar-refractivity contribution in [3.05, 3.63) is 35.6 Å². The van der Waals surface area contributed by atoms with Crippen molar-refractivity contribution >= 4 is 17.2 Å². The van der Waals surface area contributed by atoms with Gasteiger partial charge in [0.05, 0.1) is 12.1 Å². The van der Waals surface area contributed by atoms with Crippen LogP contribution in [0.2, 0.25) is 0 Å². The molecular weight excluding hydrogens is 308 g/mol. The Balaban J connectivity index is 1.88. The number of carbonyl (C=O) groups is 1. The van der Waals surface area contributed by atoms with Crippen molar-refractivity contribution in [2.24, 2.45) is 5.41 Å². The summed E-state index contributed by atoms with van der Waals surface area (Å²) in [6, 6.07) is 3.86. The van der Waals surface area contributed by atoms with Crippen LogP contribution in [0.15, 0.2) is 29.9 Å². The number of nitrogens with one attached hydrogen (secondary N) is 1. The SMILES string of the molecule is CN(C)CC(C)(C)CNC(=O)Cc1csc(-c2cccnc2)n1. The first-order valence-corrected chi connectivity index (χ1v) is 8.50. The lowest BCUT2D eigenvalue weighted by Gasteiger charge is -2.28. The molecule has 0 fully saturated rings. The van der Waals surface area contributed by atoms with Crippen LogP contribution in [0.25, 0.3) is 10.6 Å². The van der Waals surface area contributed by atoms with Crippen LogP contribution in [0.1, 0.15) is 19.5 Å². The number of pyridine rings is 1. The largest absolute Gasteiger partial charge is 0.355 e. The van der Waals surface area contributed by atoms with Gasteiger partial charge in [-0.15, -0.1) is 11.3 Å². The third-order valence-corrected chi connectivity index (χ3v) is 4.25. The Labute approximate surface area is 141 Å². The minimum Gasteiger partial charge on any atom is -0.355 e. The fourth-order valence-corrected chi connectivity index (χ4v) is 3.30. The van der Waals surface area contributed by atoms with Gasteiger partial charge in [0.1, 0.15) is 5.01 Å². The Morgan fingerprint density at radius 3 is 2.83 bits per heavy atom. The average Bonchev–Trinajstić information content (AvgIpc) is 2.93. The van der Waals surface area contributed by atoms with Crippen LogP contribution < -0.4 is 5.32 Å². The summed E-state index contributed by atoms with van der Waals surface area (Å²) in [5.74, 6) is 0.0138. The molecule has 1 N–H and O–H groups in total. The predicted molar refractivity (Wildman–Crippen MR) is 94.4 cm³/mol. The van der Waals surface area contributed by atoms with E-state index in [4.69, 9.17) is 0 Å². The molecule has 0 atom stereocenters. The summed E-state index contributed by atoms with van der Waals surface area (Å²) in [7, 11) is 4.08. The van der Waals surface area contributed by atoms with Crippen molar-refractivity contribution in [1.82, 2.24) is 20.2 Å². The normalized spacial score (nSPS) is 11.7. The number of carbonyl (C=O) groups excluding carboxylic acids is 1. The van der Waals surface area contributed by atoms with Gasteiger partial charge in [-0.05, 0) is 31.6 Å². The van der Waals surface area contributed by atoms with E-state index in [1.165, 1.54) is 11.3 Å². The summed E-state index contributed by atoms with van der Waals surface area (Å²) >= 11 is 1.54. The highest BCUT2D eigenvalue weighted by Gasteiger charge is 2.20. The minimum absolute atomic E-state index is 0.0138. The van der Waals surface area contributed by atoms with Crippen LogP contribution in [0.5, 0.6) is 0 Å². The molecule has 1 amide bonds. The van der Waals surface area contributed by atoms with Gasteiger partial charge in [-0.25, -0.2) is 4.98 Å². The zero-order chi connectivity index (χ0) is 16.9. The summed E-state index contributed by atoms with van der Waals surface area (Å²) < 4.78 is 0. The summed E-state index contributed by atoms with van der Waals surface area (Å²) in [4.78, 5) is 22.9. The van der Waals surface area contributed by atoms with Crippen molar-refractivity contribution in [3.8, 4) is 10.6 Å². The van der Waals surface area contributed by atoms with Gasteiger partial charge in [0.25, 0.3) is 0 Å². The molecule has 0 spiro atoms. The molecule has 0 aliphatic rings. The Bertz CT molecular complexity index is 637. The zero-order valence-corrected chi connectivity index (χ0v) is 15.0. The smallest absolute Gasteiger partial charge is 0.226 e. The average molecular weight is 332 g/mol. The zero-order valence-electron chi connectivity index (χ0n) is 14.2. The highest BCUT2D eigenvalue weighted by atomic mass is 32.1. The molecule has 0 unspecified atom stereocenters. The van der Waals surface area contributed by atoms with Gasteiger partial charge >= 0.3 is 0 Å². The second-order valence-electron chi connectivity index (χ2n) is 6.74. The van der Waals surface area contributed by atoms with E-state index in [-0.39, 0.29) is 11.3 Å². The van der Waals surface area contributed by atoms with Crippen LogP contribution in [0, 0.1) is 5.41 Å². The highest BCUT2D eigenvalue weighted by Crippen LogP contribution is 2.22. The van der Waals surface area contributed by atoms with Crippen molar-refractivity contribution in [1.29, 1.82) is 0 Å². The Hall–Kier alpha value is -1.79. The number of rotatable bonds is 7. The quantitative estimate of drug-likeness (QED) is 0.846. The van der Waals surface area contributed by atoms with Crippen LogP contribution >= 0.6 is 11.3 Å². The van der Waals surface area contributed by atoms with E-state index < -0.39 is 0 Å². The monoisotopic (exact) mass is 332 g/mol. The van der Waals surface area contributed by atoms with Crippen molar-refractivity contribution in [2.75, 3.05) is 27.2 Å². The molecule has 2 aromatic heterocycles. The summed E-state index contributed by atoms with van der Waals surface area (Å²) in [5.41, 5.74) is 1.83. The molecule has 2 aromatic rings. The molecule has 2 heterocycles. The second kappa shape index (κ2) is 7.66. The first kappa shape index (κ1) is 17.6. The standard InChI is InChI=1S/C17H24N4OS/c1-17(2,12-21(3)4)11-19-15(22)8-14-10-23-16(20-14)13-6-5-7-18-9-13/h5-7,9-10H,8,11-12H2,1-4H3,(H,19,22). The van der Waals surface area contributed by atoms with Gasteiger partial charge in [0, 0.05) is 36.4 Å². The number of aromatic nitrogens is 2. The predicted octanol–water partition coefficient (Wildman–Crippen LogP) is 2.45. The number of hydrogen-bond donors (Lipinski definition) is 1. The fourth-order valence-electron chi connectivity index (χ4n) is 2.49. The number of nitrogens with zero attached hydrogens (tertiary/aromatic N) is 3. The lowest BCUT2D eigenvalue weighted by atomic mass is 9.93. The Morgan fingerprint density at radius 2 is 2.17 bits per heavy atom. The van der Waals surface area contributed by atoms with Crippen molar-refractivity contribution in [2.45, 2.75) is 20.3 Å². The third kappa shape index (κ3) is 5.73. The van der Waals surface area contributed by atoms with Crippen LogP contribution in [-0.2, 0) is 11.2 Å². The highest BCUT2D eigenvalue weighted by molar-refractivity contribution is 7.13.